The summed E-state index contributed by atoms with van der Waals surface area (Å²) in [5, 5.41) is 17.5. The van der Waals surface area contributed by atoms with Crippen LogP contribution in [0.1, 0.15) is 60.2 Å². The van der Waals surface area contributed by atoms with Crippen LogP contribution in [0, 0.1) is 5.92 Å². The minimum atomic E-state index is -1.25. The van der Waals surface area contributed by atoms with Crippen molar-refractivity contribution in [2.45, 2.75) is 44.0 Å². The number of amides is 2. The average molecular weight is 698 g/mol. The van der Waals surface area contributed by atoms with Gasteiger partial charge in [-0.2, -0.15) is 0 Å². The number of hydrogen-bond donors (Lipinski definition) is 5. The highest BCUT2D eigenvalue weighted by molar-refractivity contribution is 6.07. The van der Waals surface area contributed by atoms with E-state index in [2.05, 4.69) is 57.0 Å². The van der Waals surface area contributed by atoms with Crippen molar-refractivity contribution in [3.63, 3.8) is 0 Å². The number of benzene rings is 4. The number of aromatic amines is 2. The zero-order chi connectivity index (χ0) is 35.3. The van der Waals surface area contributed by atoms with Gasteiger partial charge in [-0.05, 0) is 77.1 Å². The van der Waals surface area contributed by atoms with E-state index in [1.165, 1.54) is 0 Å². The van der Waals surface area contributed by atoms with Crippen LogP contribution in [0.4, 0.5) is 4.79 Å². The van der Waals surface area contributed by atoms with E-state index in [1.807, 2.05) is 18.3 Å². The standard InChI is InChI=1S/C40H39N7O5/c1-51-20-22-14-31(41-18-22)37-42-19-32(44-37)25-9-11-27-26(15-25)21-52-34-17-28-24(16-29(27)34)10-12-30-36(28)45-38(43-30)33-8-5-13-47(33)39(48)35(46-40(49)50)23-6-3-2-4-7-23/h2-4,6-7,9-12,15-17,19,22,31,33,35,41,46H,5,8,13-14,18,20-21H2,1H3,(H,42,44)(H,43,45)(H,49,50)/t22-,31-,33-,35+/m0/s1. The molecular formula is C40H39N7O5. The summed E-state index contributed by atoms with van der Waals surface area (Å²) >= 11 is 0. The van der Waals surface area contributed by atoms with Gasteiger partial charge in [0.1, 0.15) is 30.0 Å². The molecule has 0 radical (unpaired) electrons. The highest BCUT2D eigenvalue weighted by atomic mass is 16.5. The van der Waals surface area contributed by atoms with Crippen molar-refractivity contribution in [1.29, 1.82) is 0 Å². The Balaban J connectivity index is 0.990. The zero-order valence-corrected chi connectivity index (χ0v) is 28.7. The molecule has 9 rings (SSSR count). The van der Waals surface area contributed by atoms with E-state index in [1.54, 1.807) is 36.3 Å². The molecule has 4 atom stereocenters. The number of ether oxygens (including phenoxy) is 2. The van der Waals surface area contributed by atoms with Crippen LogP contribution in [0.25, 0.3) is 44.2 Å². The number of carbonyl (C=O) groups excluding carboxylic acids is 1. The lowest BCUT2D eigenvalue weighted by molar-refractivity contribution is -0.134. The van der Waals surface area contributed by atoms with Crippen molar-refractivity contribution in [2.75, 3.05) is 26.8 Å². The largest absolute Gasteiger partial charge is 0.488 e. The summed E-state index contributed by atoms with van der Waals surface area (Å²) in [6, 6.07) is 22.7. The predicted molar refractivity (Wildman–Crippen MR) is 196 cm³/mol. The second kappa shape index (κ2) is 13.1. The number of imidazole rings is 2. The molecule has 264 valence electrons. The first-order valence-electron chi connectivity index (χ1n) is 17.8. The molecule has 3 aliphatic rings. The van der Waals surface area contributed by atoms with Gasteiger partial charge in [0.15, 0.2) is 0 Å². The summed E-state index contributed by atoms with van der Waals surface area (Å²) in [4.78, 5) is 44.1. The summed E-state index contributed by atoms with van der Waals surface area (Å²) in [6.45, 7) is 2.64. The van der Waals surface area contributed by atoms with E-state index >= 15 is 0 Å². The third-order valence-corrected chi connectivity index (χ3v) is 10.7. The molecule has 3 aliphatic heterocycles. The minimum Gasteiger partial charge on any atom is -0.488 e. The third-order valence-electron chi connectivity index (χ3n) is 10.7. The number of carboxylic acid groups (broad SMARTS) is 1. The fourth-order valence-electron chi connectivity index (χ4n) is 8.21. The van der Waals surface area contributed by atoms with Crippen molar-refractivity contribution in [2.24, 2.45) is 5.92 Å². The topological polar surface area (TPSA) is 157 Å². The van der Waals surface area contributed by atoms with Gasteiger partial charge in [0.2, 0.25) is 0 Å². The predicted octanol–water partition coefficient (Wildman–Crippen LogP) is 6.64. The quantitative estimate of drug-likeness (QED) is 0.119. The number of likely N-dealkylation sites (tertiary alicyclic amines) is 1. The maximum atomic E-state index is 13.9. The number of nitrogens with one attached hydrogen (secondary N) is 4. The van der Waals surface area contributed by atoms with Crippen LogP contribution in [-0.4, -0.2) is 68.7 Å². The van der Waals surface area contributed by atoms with E-state index in [0.717, 1.165) is 93.7 Å². The molecule has 2 saturated heterocycles. The van der Waals surface area contributed by atoms with Gasteiger partial charge in [0.05, 0.1) is 41.6 Å². The maximum Gasteiger partial charge on any atom is 0.405 e. The molecule has 12 nitrogen and oxygen atoms in total. The van der Waals surface area contributed by atoms with Crippen molar-refractivity contribution in [1.82, 2.24) is 35.5 Å². The number of aromatic nitrogens is 4. The zero-order valence-electron chi connectivity index (χ0n) is 28.7. The van der Waals surface area contributed by atoms with Crippen molar-refractivity contribution < 1.29 is 24.2 Å². The molecule has 4 aromatic carbocycles. The summed E-state index contributed by atoms with van der Waals surface area (Å²) < 4.78 is 11.7. The number of fused-ring (bicyclic) bond motifs is 6. The first kappa shape index (κ1) is 32.2. The lowest BCUT2D eigenvalue weighted by atomic mass is 9.92. The second-order valence-electron chi connectivity index (χ2n) is 14.0. The van der Waals surface area contributed by atoms with Gasteiger partial charge in [-0.15, -0.1) is 0 Å². The fourth-order valence-corrected chi connectivity index (χ4v) is 8.21. The lowest BCUT2D eigenvalue weighted by Crippen LogP contribution is -2.42. The van der Waals surface area contributed by atoms with Gasteiger partial charge in [-0.1, -0.05) is 48.5 Å². The molecule has 0 saturated carbocycles. The van der Waals surface area contributed by atoms with E-state index in [4.69, 9.17) is 19.4 Å². The number of methoxy groups -OCH3 is 1. The van der Waals surface area contributed by atoms with Crippen LogP contribution >= 0.6 is 0 Å². The molecule has 2 aromatic heterocycles. The molecule has 0 unspecified atom stereocenters. The minimum absolute atomic E-state index is 0.194. The van der Waals surface area contributed by atoms with Crippen LogP contribution in [0.2, 0.25) is 0 Å². The molecule has 52 heavy (non-hydrogen) atoms. The number of rotatable bonds is 8. The van der Waals surface area contributed by atoms with E-state index in [9.17, 15) is 14.7 Å². The third kappa shape index (κ3) is 5.73. The second-order valence-corrected chi connectivity index (χ2v) is 14.0. The van der Waals surface area contributed by atoms with Gasteiger partial charge in [-0.3, -0.25) is 4.79 Å². The summed E-state index contributed by atoms with van der Waals surface area (Å²) in [5.74, 6) is 2.64. The van der Waals surface area contributed by atoms with Crippen molar-refractivity contribution in [3.05, 3.63) is 102 Å². The Morgan fingerprint density at radius 2 is 1.94 bits per heavy atom. The molecule has 12 heteroatoms. The Bertz CT molecular complexity index is 2320. The molecule has 6 aromatic rings. The summed E-state index contributed by atoms with van der Waals surface area (Å²) in [6.07, 6.45) is 3.17. The molecular weight excluding hydrogens is 658 g/mol. The molecule has 0 spiro atoms. The number of hydrogen-bond acceptors (Lipinski definition) is 7. The van der Waals surface area contributed by atoms with Crippen molar-refractivity contribution in [3.8, 4) is 28.1 Å². The van der Waals surface area contributed by atoms with Crippen LogP contribution in [0.5, 0.6) is 5.75 Å². The maximum absolute atomic E-state index is 13.9. The normalized spacial score (nSPS) is 20.1. The highest BCUT2D eigenvalue weighted by Gasteiger charge is 2.37. The van der Waals surface area contributed by atoms with Gasteiger partial charge in [0, 0.05) is 31.1 Å². The Kier molecular flexibility index (Phi) is 8.12. The van der Waals surface area contributed by atoms with Gasteiger partial charge in [0.25, 0.3) is 5.91 Å². The van der Waals surface area contributed by atoms with E-state index in [-0.39, 0.29) is 18.0 Å². The summed E-state index contributed by atoms with van der Waals surface area (Å²) in [7, 11) is 1.75. The molecule has 0 bridgehead atoms. The monoisotopic (exact) mass is 697 g/mol. The molecule has 5 N–H and O–H groups in total. The molecule has 2 fully saturated rings. The Morgan fingerprint density at radius 1 is 1.06 bits per heavy atom. The van der Waals surface area contributed by atoms with Gasteiger partial charge in [-0.25, -0.2) is 14.8 Å². The van der Waals surface area contributed by atoms with Gasteiger partial charge >= 0.3 is 6.09 Å². The van der Waals surface area contributed by atoms with E-state index in [0.29, 0.717) is 30.5 Å². The Labute approximate surface area is 299 Å². The Morgan fingerprint density at radius 3 is 2.79 bits per heavy atom. The number of nitrogens with zero attached hydrogens (tertiary/aromatic N) is 3. The molecule has 0 aliphatic carbocycles. The highest BCUT2D eigenvalue weighted by Crippen LogP contribution is 2.43. The number of H-pyrrole nitrogens is 2. The van der Waals surface area contributed by atoms with Crippen LogP contribution in [-0.2, 0) is 16.1 Å². The first-order chi connectivity index (χ1) is 25.4. The SMILES string of the molecule is COC[C@@H]1CN[C@H](c2ncc(-c3ccc4c(c3)COc3cc5c(ccc6[nH]c([C@@H]7CCCN7C(=O)[C@H](NC(=O)O)c7ccccc7)nc65)cc3-4)[nH]2)C1. The van der Waals surface area contributed by atoms with E-state index < -0.39 is 12.1 Å². The van der Waals surface area contributed by atoms with Gasteiger partial charge < -0.3 is 40.1 Å². The summed E-state index contributed by atoms with van der Waals surface area (Å²) in [5.41, 5.74) is 7.60. The Hall–Kier alpha value is -5.72. The van der Waals surface area contributed by atoms with Crippen LogP contribution < -0.4 is 15.4 Å². The van der Waals surface area contributed by atoms with Crippen molar-refractivity contribution >= 4 is 33.8 Å². The fraction of sp³-hybridized carbons (Fsp3) is 0.300. The smallest absolute Gasteiger partial charge is 0.405 e. The first-order valence-corrected chi connectivity index (χ1v) is 17.8. The van der Waals surface area contributed by atoms with Crippen LogP contribution in [0.3, 0.4) is 0 Å². The average Bonchev–Trinajstić information content (AvgIpc) is 3.99. The molecule has 5 heterocycles. The van der Waals surface area contributed by atoms with Crippen LogP contribution in [0.15, 0.2) is 79.0 Å². The molecule has 2 amide bonds. The lowest BCUT2D eigenvalue weighted by Gasteiger charge is -2.28. The number of carbonyl (C=O) groups is 2.